The summed E-state index contributed by atoms with van der Waals surface area (Å²) in [5, 5.41) is 4.67. The molecule has 174 valence electrons. The van der Waals surface area contributed by atoms with E-state index in [-0.39, 0.29) is 11.6 Å². The second kappa shape index (κ2) is 9.52. The molecular formula is C26H26ClN5O2. The fraction of sp³-hybridized carbons (Fsp3) is 0.308. The molecule has 5 rings (SSSR count). The molecule has 0 atom stereocenters. The first-order valence-corrected chi connectivity index (χ1v) is 11.9. The van der Waals surface area contributed by atoms with Crippen LogP contribution in [0.15, 0.2) is 53.5 Å². The SMILES string of the molecule is CCn1c(=O)c(-c2ccc(-c3cccc(C)n3)cc2Cl)cc2cnc(NC3CCOCC3)nc21. The largest absolute Gasteiger partial charge is 0.381 e. The average Bonchev–Trinajstić information content (AvgIpc) is 2.85. The first-order chi connectivity index (χ1) is 16.5. The molecule has 8 heteroatoms. The second-order valence-corrected chi connectivity index (χ2v) is 8.88. The van der Waals surface area contributed by atoms with Gasteiger partial charge in [-0.3, -0.25) is 14.3 Å². The number of hydrogen-bond acceptors (Lipinski definition) is 6. The molecule has 0 saturated carbocycles. The van der Waals surface area contributed by atoms with Gasteiger partial charge in [-0.15, -0.1) is 0 Å². The van der Waals surface area contributed by atoms with Gasteiger partial charge >= 0.3 is 0 Å². The van der Waals surface area contributed by atoms with E-state index >= 15 is 0 Å². The van der Waals surface area contributed by atoms with Gasteiger partial charge in [-0.2, -0.15) is 4.98 Å². The molecule has 1 aliphatic rings. The standard InChI is InChI=1S/C26H26ClN5O2/c1-3-32-24-18(15-28-26(31-24)30-19-9-11-34-12-10-19)13-21(25(32)33)20-8-7-17(14-22(20)27)23-6-4-5-16(2)29-23/h4-8,13-15,19H,3,9-12H2,1-2H3,(H,28,30,31). The van der Waals surface area contributed by atoms with Crippen LogP contribution in [0, 0.1) is 6.92 Å². The summed E-state index contributed by atoms with van der Waals surface area (Å²) in [7, 11) is 0. The van der Waals surface area contributed by atoms with E-state index in [0.717, 1.165) is 48.4 Å². The first-order valence-electron chi connectivity index (χ1n) is 11.5. The van der Waals surface area contributed by atoms with Crippen LogP contribution in [0.25, 0.3) is 33.4 Å². The zero-order valence-electron chi connectivity index (χ0n) is 19.2. The van der Waals surface area contributed by atoms with E-state index in [4.69, 9.17) is 16.3 Å². The lowest BCUT2D eigenvalue weighted by Gasteiger charge is -2.23. The summed E-state index contributed by atoms with van der Waals surface area (Å²) in [6, 6.07) is 13.6. The number of benzene rings is 1. The minimum absolute atomic E-state index is 0.131. The number of fused-ring (bicyclic) bond motifs is 1. The molecule has 4 aromatic rings. The number of hydrogen-bond donors (Lipinski definition) is 1. The summed E-state index contributed by atoms with van der Waals surface area (Å²) in [4.78, 5) is 27.2. The number of aromatic nitrogens is 4. The molecule has 1 fully saturated rings. The highest BCUT2D eigenvalue weighted by Gasteiger charge is 2.18. The van der Waals surface area contributed by atoms with Gasteiger partial charge in [0.15, 0.2) is 0 Å². The first kappa shape index (κ1) is 22.5. The molecule has 1 aromatic carbocycles. The maximum atomic E-state index is 13.5. The number of halogens is 1. The Labute approximate surface area is 202 Å². The van der Waals surface area contributed by atoms with E-state index in [9.17, 15) is 4.79 Å². The van der Waals surface area contributed by atoms with Crippen molar-refractivity contribution < 1.29 is 4.74 Å². The molecule has 34 heavy (non-hydrogen) atoms. The van der Waals surface area contributed by atoms with Crippen molar-refractivity contribution in [3.05, 3.63) is 69.7 Å². The van der Waals surface area contributed by atoms with Crippen LogP contribution in [0.3, 0.4) is 0 Å². The zero-order chi connectivity index (χ0) is 23.7. The number of rotatable bonds is 5. The van der Waals surface area contributed by atoms with E-state index in [1.54, 1.807) is 10.8 Å². The molecule has 1 aliphatic heterocycles. The lowest BCUT2D eigenvalue weighted by molar-refractivity contribution is 0.0903. The highest BCUT2D eigenvalue weighted by molar-refractivity contribution is 6.33. The van der Waals surface area contributed by atoms with Crippen molar-refractivity contribution in [1.82, 2.24) is 19.5 Å². The van der Waals surface area contributed by atoms with Crippen molar-refractivity contribution in [2.45, 2.75) is 39.3 Å². The van der Waals surface area contributed by atoms with E-state index in [0.29, 0.717) is 34.3 Å². The third-order valence-corrected chi connectivity index (χ3v) is 6.45. The number of nitrogens with zero attached hydrogens (tertiary/aromatic N) is 4. The minimum atomic E-state index is -0.131. The van der Waals surface area contributed by atoms with Crippen LogP contribution in [0.2, 0.25) is 5.02 Å². The molecule has 0 bridgehead atoms. The van der Waals surface area contributed by atoms with Crippen molar-refractivity contribution in [3.63, 3.8) is 0 Å². The average molecular weight is 476 g/mol. The fourth-order valence-corrected chi connectivity index (χ4v) is 4.62. The maximum Gasteiger partial charge on any atom is 0.260 e. The van der Waals surface area contributed by atoms with Gasteiger partial charge < -0.3 is 10.1 Å². The van der Waals surface area contributed by atoms with Gasteiger partial charge in [0.1, 0.15) is 5.65 Å². The summed E-state index contributed by atoms with van der Waals surface area (Å²) in [6.45, 7) is 5.84. The minimum Gasteiger partial charge on any atom is -0.381 e. The molecule has 0 unspecified atom stereocenters. The predicted octanol–water partition coefficient (Wildman–Crippen LogP) is 5.09. The molecule has 7 nitrogen and oxygen atoms in total. The van der Waals surface area contributed by atoms with Crippen molar-refractivity contribution >= 4 is 28.6 Å². The number of ether oxygens (including phenoxy) is 1. The van der Waals surface area contributed by atoms with Gasteiger partial charge in [0.2, 0.25) is 5.95 Å². The highest BCUT2D eigenvalue weighted by Crippen LogP contribution is 2.31. The van der Waals surface area contributed by atoms with Gasteiger partial charge in [0.05, 0.1) is 5.69 Å². The van der Waals surface area contributed by atoms with Gasteiger partial charge in [-0.25, -0.2) is 4.98 Å². The van der Waals surface area contributed by atoms with Crippen molar-refractivity contribution in [2.24, 2.45) is 0 Å². The van der Waals surface area contributed by atoms with Crippen molar-refractivity contribution in [1.29, 1.82) is 0 Å². The van der Waals surface area contributed by atoms with Crippen LogP contribution in [0.4, 0.5) is 5.95 Å². The third-order valence-electron chi connectivity index (χ3n) is 6.14. The summed E-state index contributed by atoms with van der Waals surface area (Å²) in [5.41, 5.74) is 4.36. The van der Waals surface area contributed by atoms with Crippen LogP contribution in [-0.2, 0) is 11.3 Å². The Kier molecular flexibility index (Phi) is 6.30. The Morgan fingerprint density at radius 1 is 1.12 bits per heavy atom. The summed E-state index contributed by atoms with van der Waals surface area (Å²) < 4.78 is 7.10. The predicted molar refractivity (Wildman–Crippen MR) is 135 cm³/mol. The Balaban J connectivity index is 1.54. The highest BCUT2D eigenvalue weighted by atomic mass is 35.5. The van der Waals surface area contributed by atoms with Gasteiger partial charge in [0, 0.05) is 64.8 Å². The van der Waals surface area contributed by atoms with Crippen molar-refractivity contribution in [3.8, 4) is 22.4 Å². The Hall–Kier alpha value is -3.29. The fourth-order valence-electron chi connectivity index (χ4n) is 4.34. The monoisotopic (exact) mass is 475 g/mol. The maximum absolute atomic E-state index is 13.5. The number of pyridine rings is 2. The molecule has 4 heterocycles. The molecule has 1 N–H and O–H groups in total. The van der Waals surface area contributed by atoms with Crippen LogP contribution >= 0.6 is 11.6 Å². The number of nitrogens with one attached hydrogen (secondary N) is 1. The van der Waals surface area contributed by atoms with Crippen LogP contribution in [0.1, 0.15) is 25.5 Å². The van der Waals surface area contributed by atoms with E-state index in [1.807, 2.05) is 56.3 Å². The van der Waals surface area contributed by atoms with E-state index in [1.165, 1.54) is 0 Å². The van der Waals surface area contributed by atoms with Gasteiger partial charge in [0.25, 0.3) is 5.56 Å². The Morgan fingerprint density at radius 3 is 2.68 bits per heavy atom. The molecule has 3 aromatic heterocycles. The topological polar surface area (TPSA) is 81.9 Å². The third kappa shape index (κ3) is 4.41. The summed E-state index contributed by atoms with van der Waals surface area (Å²) >= 11 is 6.68. The van der Waals surface area contributed by atoms with E-state index in [2.05, 4.69) is 20.3 Å². The molecular weight excluding hydrogens is 450 g/mol. The number of aryl methyl sites for hydroxylation is 2. The second-order valence-electron chi connectivity index (χ2n) is 8.47. The number of anilines is 1. The van der Waals surface area contributed by atoms with Gasteiger partial charge in [-0.05, 0) is 51.0 Å². The molecule has 0 radical (unpaired) electrons. The Bertz CT molecular complexity index is 1410. The lowest BCUT2D eigenvalue weighted by Crippen LogP contribution is -2.29. The smallest absolute Gasteiger partial charge is 0.260 e. The van der Waals surface area contributed by atoms with E-state index < -0.39 is 0 Å². The summed E-state index contributed by atoms with van der Waals surface area (Å²) in [5.74, 6) is 0.529. The van der Waals surface area contributed by atoms with Crippen molar-refractivity contribution in [2.75, 3.05) is 18.5 Å². The lowest BCUT2D eigenvalue weighted by atomic mass is 10.0. The molecule has 0 spiro atoms. The van der Waals surface area contributed by atoms with Crippen LogP contribution in [0.5, 0.6) is 0 Å². The molecule has 1 saturated heterocycles. The molecule has 0 aliphatic carbocycles. The normalized spacial score (nSPS) is 14.4. The molecule has 0 amide bonds. The summed E-state index contributed by atoms with van der Waals surface area (Å²) in [6.07, 6.45) is 3.58. The Morgan fingerprint density at radius 2 is 1.94 bits per heavy atom. The van der Waals surface area contributed by atoms with Gasteiger partial charge in [-0.1, -0.05) is 29.8 Å². The zero-order valence-corrected chi connectivity index (χ0v) is 20.0. The van der Waals surface area contributed by atoms with Crippen LogP contribution < -0.4 is 10.9 Å². The van der Waals surface area contributed by atoms with Crippen LogP contribution in [-0.4, -0.2) is 38.8 Å². The quantitative estimate of drug-likeness (QED) is 0.432.